The predicted octanol–water partition coefficient (Wildman–Crippen LogP) is 6.11. The number of ether oxygens (including phenoxy) is 1. The molecule has 37 heavy (non-hydrogen) atoms. The second kappa shape index (κ2) is 12.0. The van der Waals surface area contributed by atoms with E-state index in [9.17, 15) is 19.5 Å². The average molecular weight is 511 g/mol. The third-order valence-corrected chi connectivity index (χ3v) is 5.56. The van der Waals surface area contributed by atoms with Gasteiger partial charge < -0.3 is 19.6 Å². The van der Waals surface area contributed by atoms with Crippen LogP contribution in [0.25, 0.3) is 0 Å². The van der Waals surface area contributed by atoms with E-state index in [1.807, 2.05) is 20.8 Å². The molecule has 0 heterocycles. The fourth-order valence-corrected chi connectivity index (χ4v) is 3.27. The molecule has 9 heteroatoms. The van der Waals surface area contributed by atoms with Gasteiger partial charge in [0.05, 0.1) is 16.9 Å². The highest BCUT2D eigenvalue weighted by Gasteiger charge is 2.26. The molecule has 0 aliphatic carbocycles. The standard InChI is InChI=1S/C28H38N4O5/c1-27(2,3)24(34)22-17-21(13-14-23(22)33)30-29-20-11-9-19(10-12-20)18-37-26(36)32(8)16-15-31(7)25(35)28(4,5)6/h9-14,17,33H,15-16,18H2,1-8H3/b30-29+. The molecule has 200 valence electrons. The Kier molecular flexibility index (Phi) is 9.55. The van der Waals surface area contributed by atoms with Crippen LogP contribution in [0, 0.1) is 10.8 Å². The number of amides is 2. The Morgan fingerprint density at radius 3 is 1.92 bits per heavy atom. The molecule has 0 atom stereocenters. The van der Waals surface area contributed by atoms with Crippen LogP contribution in [-0.2, 0) is 16.1 Å². The number of nitrogens with zero attached hydrogens (tertiary/aromatic N) is 4. The molecule has 0 bridgehead atoms. The number of hydrogen-bond donors (Lipinski definition) is 1. The van der Waals surface area contributed by atoms with E-state index in [-0.39, 0.29) is 29.6 Å². The van der Waals surface area contributed by atoms with E-state index >= 15 is 0 Å². The number of carbonyl (C=O) groups is 3. The molecular weight excluding hydrogens is 472 g/mol. The van der Waals surface area contributed by atoms with Gasteiger partial charge in [0.1, 0.15) is 12.4 Å². The monoisotopic (exact) mass is 510 g/mol. The topological polar surface area (TPSA) is 112 Å². The van der Waals surface area contributed by atoms with Crippen molar-refractivity contribution in [1.29, 1.82) is 0 Å². The van der Waals surface area contributed by atoms with E-state index < -0.39 is 16.9 Å². The Hall–Kier alpha value is -3.75. The molecule has 0 fully saturated rings. The maximum atomic E-state index is 12.5. The lowest BCUT2D eigenvalue weighted by molar-refractivity contribution is -0.138. The van der Waals surface area contributed by atoms with Gasteiger partial charge in [-0.1, -0.05) is 53.7 Å². The van der Waals surface area contributed by atoms with Gasteiger partial charge in [0.2, 0.25) is 5.91 Å². The van der Waals surface area contributed by atoms with Crippen LogP contribution < -0.4 is 0 Å². The van der Waals surface area contributed by atoms with Crippen molar-refractivity contribution in [3.8, 4) is 5.75 Å². The Balaban J connectivity index is 1.91. The second-order valence-corrected chi connectivity index (χ2v) is 11.1. The molecule has 2 aromatic carbocycles. The van der Waals surface area contributed by atoms with E-state index in [1.165, 1.54) is 17.0 Å². The van der Waals surface area contributed by atoms with E-state index in [1.54, 1.807) is 70.1 Å². The number of benzene rings is 2. The summed E-state index contributed by atoms with van der Waals surface area (Å²) in [6, 6.07) is 11.6. The summed E-state index contributed by atoms with van der Waals surface area (Å²) in [5.41, 5.74) is 0.902. The van der Waals surface area contributed by atoms with Crippen molar-refractivity contribution in [2.75, 3.05) is 27.2 Å². The molecule has 0 saturated heterocycles. The van der Waals surface area contributed by atoms with Crippen LogP contribution >= 0.6 is 0 Å². The summed E-state index contributed by atoms with van der Waals surface area (Å²) >= 11 is 0. The fourth-order valence-electron chi connectivity index (χ4n) is 3.27. The molecule has 2 aromatic rings. The normalized spacial score (nSPS) is 11.9. The van der Waals surface area contributed by atoms with Crippen molar-refractivity contribution in [1.82, 2.24) is 9.80 Å². The van der Waals surface area contributed by atoms with Crippen molar-refractivity contribution >= 4 is 29.2 Å². The maximum absolute atomic E-state index is 12.5. The third-order valence-electron chi connectivity index (χ3n) is 5.56. The average Bonchev–Trinajstić information content (AvgIpc) is 2.83. The van der Waals surface area contributed by atoms with Crippen molar-refractivity contribution in [2.24, 2.45) is 21.1 Å². The van der Waals surface area contributed by atoms with Gasteiger partial charge in [0.25, 0.3) is 0 Å². The SMILES string of the molecule is CN(CCN(C)C(=O)C(C)(C)C)C(=O)OCc1ccc(/N=N/c2ccc(O)c(C(=O)C(C)(C)C)c2)cc1. The molecule has 0 aliphatic rings. The van der Waals surface area contributed by atoms with Crippen LogP contribution in [-0.4, -0.2) is 59.9 Å². The van der Waals surface area contributed by atoms with Crippen molar-refractivity contribution in [3.05, 3.63) is 53.6 Å². The minimum absolute atomic E-state index is 0.00996. The molecule has 0 spiro atoms. The lowest BCUT2D eigenvalue weighted by atomic mass is 9.86. The third kappa shape index (κ3) is 8.70. The first-order valence-electron chi connectivity index (χ1n) is 12.1. The summed E-state index contributed by atoms with van der Waals surface area (Å²) < 4.78 is 5.37. The molecule has 0 saturated carbocycles. The van der Waals surface area contributed by atoms with Gasteiger partial charge >= 0.3 is 6.09 Å². The number of phenolic OH excluding ortho intramolecular Hbond substituents is 1. The summed E-state index contributed by atoms with van der Waals surface area (Å²) in [7, 11) is 3.35. The van der Waals surface area contributed by atoms with Gasteiger partial charge in [0.15, 0.2) is 5.78 Å². The summed E-state index contributed by atoms with van der Waals surface area (Å²) in [4.78, 5) is 40.2. The van der Waals surface area contributed by atoms with E-state index in [4.69, 9.17) is 4.74 Å². The number of rotatable bonds is 8. The zero-order chi connectivity index (χ0) is 28.0. The quantitative estimate of drug-likeness (QED) is 0.340. The van der Waals surface area contributed by atoms with Crippen LogP contribution in [0.5, 0.6) is 5.75 Å². The Labute approximate surface area is 219 Å². The zero-order valence-corrected chi connectivity index (χ0v) is 23.0. The molecule has 2 amide bonds. The number of ketones is 1. The minimum Gasteiger partial charge on any atom is -0.507 e. The highest BCUT2D eigenvalue weighted by atomic mass is 16.6. The van der Waals surface area contributed by atoms with Gasteiger partial charge in [-0.2, -0.15) is 10.2 Å². The Morgan fingerprint density at radius 2 is 1.35 bits per heavy atom. The molecule has 0 unspecified atom stereocenters. The highest BCUT2D eigenvalue weighted by molar-refractivity contribution is 6.02. The van der Waals surface area contributed by atoms with Crippen LogP contribution in [0.2, 0.25) is 0 Å². The number of Topliss-reactive ketones (excluding diaryl/α,β-unsaturated/α-hetero) is 1. The highest BCUT2D eigenvalue weighted by Crippen LogP contribution is 2.30. The Morgan fingerprint density at radius 1 is 0.811 bits per heavy atom. The molecular formula is C28H38N4O5. The summed E-state index contributed by atoms with van der Waals surface area (Å²) in [6.45, 7) is 11.8. The first kappa shape index (κ1) is 29.5. The second-order valence-electron chi connectivity index (χ2n) is 11.1. The lowest BCUT2D eigenvalue weighted by Gasteiger charge is -2.27. The van der Waals surface area contributed by atoms with Gasteiger partial charge in [0, 0.05) is 38.0 Å². The van der Waals surface area contributed by atoms with Gasteiger partial charge in [-0.3, -0.25) is 9.59 Å². The van der Waals surface area contributed by atoms with E-state index in [0.29, 0.717) is 24.5 Å². The number of phenols is 1. The molecule has 1 N–H and O–H groups in total. The van der Waals surface area contributed by atoms with Gasteiger partial charge in [-0.25, -0.2) is 4.79 Å². The van der Waals surface area contributed by atoms with E-state index in [0.717, 1.165) is 5.56 Å². The largest absolute Gasteiger partial charge is 0.507 e. The molecule has 0 aliphatic heterocycles. The van der Waals surface area contributed by atoms with Crippen molar-refractivity contribution in [2.45, 2.75) is 48.1 Å². The van der Waals surface area contributed by atoms with Crippen LogP contribution in [0.15, 0.2) is 52.7 Å². The number of azo groups is 1. The van der Waals surface area contributed by atoms with Crippen LogP contribution in [0.4, 0.5) is 16.2 Å². The summed E-state index contributed by atoms with van der Waals surface area (Å²) in [5, 5.41) is 18.4. The van der Waals surface area contributed by atoms with Crippen molar-refractivity contribution in [3.63, 3.8) is 0 Å². The first-order valence-corrected chi connectivity index (χ1v) is 12.1. The predicted molar refractivity (Wildman–Crippen MR) is 142 cm³/mol. The molecule has 0 aromatic heterocycles. The van der Waals surface area contributed by atoms with Crippen LogP contribution in [0.3, 0.4) is 0 Å². The number of likely N-dealkylation sites (N-methyl/N-ethyl adjacent to an activating group) is 2. The van der Waals surface area contributed by atoms with Crippen LogP contribution in [0.1, 0.15) is 57.5 Å². The Bertz CT molecular complexity index is 1140. The number of aromatic hydroxyl groups is 1. The molecule has 2 rings (SSSR count). The molecule has 9 nitrogen and oxygen atoms in total. The first-order chi connectivity index (χ1) is 17.1. The van der Waals surface area contributed by atoms with E-state index in [2.05, 4.69) is 10.2 Å². The van der Waals surface area contributed by atoms with Crippen molar-refractivity contribution < 1.29 is 24.2 Å². The minimum atomic E-state index is -0.636. The number of hydrogen-bond acceptors (Lipinski definition) is 7. The maximum Gasteiger partial charge on any atom is 0.409 e. The van der Waals surface area contributed by atoms with Gasteiger partial charge in [-0.05, 0) is 35.9 Å². The zero-order valence-electron chi connectivity index (χ0n) is 23.0. The molecule has 0 radical (unpaired) electrons. The fraction of sp³-hybridized carbons (Fsp3) is 0.464. The number of carbonyl (C=O) groups excluding carboxylic acids is 3. The van der Waals surface area contributed by atoms with Gasteiger partial charge in [-0.15, -0.1) is 0 Å². The summed E-state index contributed by atoms with van der Waals surface area (Å²) in [6.07, 6.45) is -0.478. The smallest absolute Gasteiger partial charge is 0.409 e. The summed E-state index contributed by atoms with van der Waals surface area (Å²) in [5.74, 6) is -0.262. The lowest BCUT2D eigenvalue weighted by Crippen LogP contribution is -2.41.